The second-order valence-electron chi connectivity index (χ2n) is 7.42. The fourth-order valence-electron chi connectivity index (χ4n) is 2.46. The quantitative estimate of drug-likeness (QED) is 0.868. The van der Waals surface area contributed by atoms with Crippen molar-refractivity contribution in [3.63, 3.8) is 0 Å². The van der Waals surface area contributed by atoms with Gasteiger partial charge in [-0.05, 0) is 38.0 Å². The molecule has 0 aliphatic carbocycles. The highest BCUT2D eigenvalue weighted by Gasteiger charge is 2.26. The molecule has 4 nitrogen and oxygen atoms in total. The molecule has 0 radical (unpaired) electrons. The Bertz CT molecular complexity index is 450. The molecule has 0 aliphatic rings. The van der Waals surface area contributed by atoms with Gasteiger partial charge in [-0.3, -0.25) is 4.79 Å². The molecule has 1 amide bonds. The molecule has 1 aromatic rings. The first-order valence-electron chi connectivity index (χ1n) is 7.82. The van der Waals surface area contributed by atoms with Crippen molar-refractivity contribution in [2.75, 3.05) is 0 Å². The van der Waals surface area contributed by atoms with Crippen LogP contribution in [0.1, 0.15) is 64.5 Å². The van der Waals surface area contributed by atoms with E-state index in [1.165, 1.54) is 0 Å². The van der Waals surface area contributed by atoms with Crippen LogP contribution in [0.3, 0.4) is 0 Å². The van der Waals surface area contributed by atoms with Gasteiger partial charge in [0.05, 0.1) is 5.69 Å². The standard InChI is InChI=1S/C17H30N2O2/c1-11(2)10-15(17(5,6)7)18-16(20)9-8-14-12(3)19-21-13(14)4/h11,15H,8-10H2,1-7H3,(H,18,20). The molecular weight excluding hydrogens is 264 g/mol. The molecule has 1 aromatic heterocycles. The van der Waals surface area contributed by atoms with Crippen molar-refractivity contribution in [3.8, 4) is 0 Å². The summed E-state index contributed by atoms with van der Waals surface area (Å²) in [5.74, 6) is 1.49. The first-order valence-corrected chi connectivity index (χ1v) is 7.82. The zero-order chi connectivity index (χ0) is 16.2. The highest BCUT2D eigenvalue weighted by molar-refractivity contribution is 5.76. The minimum Gasteiger partial charge on any atom is -0.361 e. The summed E-state index contributed by atoms with van der Waals surface area (Å²) in [5, 5.41) is 7.13. The number of aromatic nitrogens is 1. The molecule has 1 heterocycles. The third-order valence-electron chi connectivity index (χ3n) is 3.87. The molecule has 1 atom stereocenters. The van der Waals surface area contributed by atoms with E-state index >= 15 is 0 Å². The van der Waals surface area contributed by atoms with Crippen molar-refractivity contribution in [2.45, 2.75) is 73.8 Å². The molecule has 0 saturated heterocycles. The van der Waals surface area contributed by atoms with Gasteiger partial charge in [-0.2, -0.15) is 0 Å². The lowest BCUT2D eigenvalue weighted by Gasteiger charge is -2.33. The first kappa shape index (κ1) is 17.7. The van der Waals surface area contributed by atoms with Crippen LogP contribution in [0.4, 0.5) is 0 Å². The van der Waals surface area contributed by atoms with Gasteiger partial charge in [0, 0.05) is 18.0 Å². The summed E-state index contributed by atoms with van der Waals surface area (Å²) in [7, 11) is 0. The molecule has 0 spiro atoms. The van der Waals surface area contributed by atoms with E-state index in [0.717, 1.165) is 23.4 Å². The van der Waals surface area contributed by atoms with E-state index in [9.17, 15) is 4.79 Å². The maximum Gasteiger partial charge on any atom is 0.220 e. The highest BCUT2D eigenvalue weighted by Crippen LogP contribution is 2.25. The summed E-state index contributed by atoms with van der Waals surface area (Å²) in [6.07, 6.45) is 2.17. The second kappa shape index (κ2) is 7.10. The van der Waals surface area contributed by atoms with Crippen molar-refractivity contribution in [1.29, 1.82) is 0 Å². The van der Waals surface area contributed by atoms with Crippen molar-refractivity contribution < 1.29 is 9.32 Å². The Morgan fingerprint density at radius 2 is 1.90 bits per heavy atom. The Morgan fingerprint density at radius 1 is 1.29 bits per heavy atom. The Hall–Kier alpha value is -1.32. The van der Waals surface area contributed by atoms with Crippen LogP contribution in [0, 0.1) is 25.2 Å². The summed E-state index contributed by atoms with van der Waals surface area (Å²) >= 11 is 0. The molecule has 120 valence electrons. The van der Waals surface area contributed by atoms with Crippen LogP contribution in [0.5, 0.6) is 0 Å². The van der Waals surface area contributed by atoms with E-state index < -0.39 is 0 Å². The third-order valence-corrected chi connectivity index (χ3v) is 3.87. The van der Waals surface area contributed by atoms with Crippen LogP contribution in [0.15, 0.2) is 4.52 Å². The number of amides is 1. The number of carbonyl (C=O) groups excluding carboxylic acids is 1. The summed E-state index contributed by atoms with van der Waals surface area (Å²) in [5.41, 5.74) is 2.01. The Kier molecular flexibility index (Phi) is 5.99. The molecule has 0 aromatic carbocycles. The van der Waals surface area contributed by atoms with Crippen LogP contribution >= 0.6 is 0 Å². The lowest BCUT2D eigenvalue weighted by molar-refractivity contribution is -0.122. The van der Waals surface area contributed by atoms with Gasteiger partial charge in [0.1, 0.15) is 5.76 Å². The van der Waals surface area contributed by atoms with Crippen molar-refractivity contribution in [3.05, 3.63) is 17.0 Å². The van der Waals surface area contributed by atoms with Gasteiger partial charge < -0.3 is 9.84 Å². The maximum atomic E-state index is 12.2. The normalized spacial score (nSPS) is 13.5. The smallest absolute Gasteiger partial charge is 0.220 e. The third kappa shape index (κ3) is 5.52. The van der Waals surface area contributed by atoms with Gasteiger partial charge in [0.25, 0.3) is 0 Å². The van der Waals surface area contributed by atoms with Crippen LogP contribution < -0.4 is 5.32 Å². The molecule has 1 N–H and O–H groups in total. The van der Waals surface area contributed by atoms with Crippen LogP contribution in [0.25, 0.3) is 0 Å². The number of nitrogens with one attached hydrogen (secondary N) is 1. The highest BCUT2D eigenvalue weighted by atomic mass is 16.5. The van der Waals surface area contributed by atoms with E-state index in [1.807, 2.05) is 13.8 Å². The molecule has 1 unspecified atom stereocenters. The second-order valence-corrected chi connectivity index (χ2v) is 7.42. The fraction of sp³-hybridized carbons (Fsp3) is 0.765. The molecule has 0 saturated carbocycles. The minimum absolute atomic E-state index is 0.0724. The molecule has 1 rings (SSSR count). The zero-order valence-corrected chi connectivity index (χ0v) is 14.5. The predicted octanol–water partition coefficient (Wildman–Crippen LogP) is 3.80. The monoisotopic (exact) mass is 294 g/mol. The summed E-state index contributed by atoms with van der Waals surface area (Å²) < 4.78 is 5.13. The minimum atomic E-state index is 0.0724. The average molecular weight is 294 g/mol. The van der Waals surface area contributed by atoms with Crippen molar-refractivity contribution >= 4 is 5.91 Å². The van der Waals surface area contributed by atoms with Gasteiger partial charge in [-0.15, -0.1) is 0 Å². The summed E-state index contributed by atoms with van der Waals surface area (Å²) in [6, 6.07) is 0.203. The largest absolute Gasteiger partial charge is 0.361 e. The summed E-state index contributed by atoms with van der Waals surface area (Å²) in [6.45, 7) is 14.7. The van der Waals surface area contributed by atoms with E-state index in [4.69, 9.17) is 4.52 Å². The van der Waals surface area contributed by atoms with Crippen LogP contribution in [-0.2, 0) is 11.2 Å². The van der Waals surface area contributed by atoms with E-state index in [1.54, 1.807) is 0 Å². The van der Waals surface area contributed by atoms with Crippen molar-refractivity contribution in [2.24, 2.45) is 11.3 Å². The number of aryl methyl sites for hydroxylation is 2. The van der Waals surface area contributed by atoms with E-state index in [0.29, 0.717) is 18.8 Å². The van der Waals surface area contributed by atoms with Gasteiger partial charge in [0.2, 0.25) is 5.91 Å². The Labute approximate surface area is 128 Å². The molecule has 0 aliphatic heterocycles. The maximum absolute atomic E-state index is 12.2. The van der Waals surface area contributed by atoms with Gasteiger partial charge in [-0.1, -0.05) is 39.8 Å². The lowest BCUT2D eigenvalue weighted by Crippen LogP contribution is -2.44. The first-order chi connectivity index (χ1) is 9.61. The Balaban J connectivity index is 2.58. The molecule has 4 heteroatoms. The lowest BCUT2D eigenvalue weighted by atomic mass is 9.82. The Morgan fingerprint density at radius 3 is 2.33 bits per heavy atom. The molecule has 21 heavy (non-hydrogen) atoms. The molecular formula is C17H30N2O2. The number of hydrogen-bond donors (Lipinski definition) is 1. The van der Waals surface area contributed by atoms with E-state index in [-0.39, 0.29) is 17.4 Å². The number of hydrogen-bond acceptors (Lipinski definition) is 3. The van der Waals surface area contributed by atoms with Gasteiger partial charge >= 0.3 is 0 Å². The average Bonchev–Trinajstić information content (AvgIpc) is 2.64. The van der Waals surface area contributed by atoms with Crippen LogP contribution in [-0.4, -0.2) is 17.1 Å². The van der Waals surface area contributed by atoms with Crippen LogP contribution in [0.2, 0.25) is 0 Å². The predicted molar refractivity (Wildman–Crippen MR) is 85.1 cm³/mol. The number of carbonyl (C=O) groups is 1. The van der Waals surface area contributed by atoms with Crippen molar-refractivity contribution in [1.82, 2.24) is 10.5 Å². The van der Waals surface area contributed by atoms with Gasteiger partial charge in [0.15, 0.2) is 0 Å². The summed E-state index contributed by atoms with van der Waals surface area (Å²) in [4.78, 5) is 12.2. The van der Waals surface area contributed by atoms with E-state index in [2.05, 4.69) is 45.1 Å². The topological polar surface area (TPSA) is 55.1 Å². The molecule has 0 fully saturated rings. The zero-order valence-electron chi connectivity index (χ0n) is 14.5. The molecule has 0 bridgehead atoms. The van der Waals surface area contributed by atoms with Gasteiger partial charge in [-0.25, -0.2) is 0 Å². The number of rotatable bonds is 6. The fourth-order valence-corrected chi connectivity index (χ4v) is 2.46. The SMILES string of the molecule is Cc1noc(C)c1CCC(=O)NC(CC(C)C)C(C)(C)C. The number of nitrogens with zero attached hydrogens (tertiary/aromatic N) is 1.